The van der Waals surface area contributed by atoms with Crippen molar-refractivity contribution in [2.45, 2.75) is 25.8 Å². The molecule has 0 saturated heterocycles. The topological polar surface area (TPSA) is 77.0 Å². The highest BCUT2D eigenvalue weighted by Crippen LogP contribution is 2.33. The van der Waals surface area contributed by atoms with Gasteiger partial charge in [-0.2, -0.15) is 0 Å². The highest BCUT2D eigenvalue weighted by atomic mass is 19.1. The number of esters is 1. The Morgan fingerprint density at radius 1 is 1.33 bits per heavy atom. The van der Waals surface area contributed by atoms with E-state index < -0.39 is 29.3 Å². The van der Waals surface area contributed by atoms with Gasteiger partial charge in [-0.15, -0.1) is 0 Å². The monoisotopic (exact) mass is 336 g/mol. The summed E-state index contributed by atoms with van der Waals surface area (Å²) >= 11 is 0. The summed E-state index contributed by atoms with van der Waals surface area (Å²) in [5.41, 5.74) is -0.633. The molecule has 1 heterocycles. The molecule has 0 aliphatic carbocycles. The molecule has 0 aromatic heterocycles. The molecule has 1 aromatic rings. The van der Waals surface area contributed by atoms with Crippen molar-refractivity contribution in [3.63, 3.8) is 0 Å². The van der Waals surface area contributed by atoms with E-state index in [2.05, 4.69) is 10.3 Å². The number of benzene rings is 1. The van der Waals surface area contributed by atoms with Crippen LogP contribution in [0.25, 0.3) is 0 Å². The molecule has 1 N–H and O–H groups in total. The van der Waals surface area contributed by atoms with Crippen LogP contribution >= 0.6 is 0 Å². The summed E-state index contributed by atoms with van der Waals surface area (Å²) in [5.74, 6) is -1.80. The molecule has 2 unspecified atom stereocenters. The van der Waals surface area contributed by atoms with Crippen molar-refractivity contribution < 1.29 is 23.5 Å². The highest BCUT2D eigenvalue weighted by Gasteiger charge is 2.48. The number of hydrogen-bond acceptors (Lipinski definition) is 4. The molecule has 0 bridgehead atoms. The largest absolute Gasteiger partial charge is 0.465 e. The Morgan fingerprint density at radius 2 is 2.04 bits per heavy atom. The SMILES string of the molecule is CCCOCC1(c2ccc(F)cc2)NC(=O)N=CC1C(=O)OCC. The zero-order valence-electron chi connectivity index (χ0n) is 13.8. The number of carbonyl (C=O) groups excluding carboxylic acids is 2. The normalized spacial score (nSPS) is 23.0. The zero-order chi connectivity index (χ0) is 17.6. The Morgan fingerprint density at radius 3 is 2.67 bits per heavy atom. The van der Waals surface area contributed by atoms with E-state index in [0.717, 1.165) is 6.42 Å². The van der Waals surface area contributed by atoms with Crippen molar-refractivity contribution >= 4 is 18.2 Å². The van der Waals surface area contributed by atoms with Crippen molar-refractivity contribution in [3.05, 3.63) is 35.6 Å². The summed E-state index contributed by atoms with van der Waals surface area (Å²) in [4.78, 5) is 28.0. The zero-order valence-corrected chi connectivity index (χ0v) is 13.8. The third-order valence-electron chi connectivity index (χ3n) is 3.78. The van der Waals surface area contributed by atoms with Crippen LogP contribution in [-0.2, 0) is 19.8 Å². The molecule has 1 aliphatic heterocycles. The average Bonchev–Trinajstić information content (AvgIpc) is 2.56. The predicted octanol–water partition coefficient (Wildman–Crippen LogP) is 2.42. The number of hydrogen-bond donors (Lipinski definition) is 1. The molecular formula is C17H21FN2O4. The van der Waals surface area contributed by atoms with E-state index in [0.29, 0.717) is 12.2 Å². The van der Waals surface area contributed by atoms with Gasteiger partial charge in [-0.3, -0.25) is 4.79 Å². The first-order chi connectivity index (χ1) is 11.5. The van der Waals surface area contributed by atoms with Gasteiger partial charge in [0.2, 0.25) is 0 Å². The van der Waals surface area contributed by atoms with E-state index in [4.69, 9.17) is 9.47 Å². The fraction of sp³-hybridized carbons (Fsp3) is 0.471. The molecule has 0 radical (unpaired) electrons. The Balaban J connectivity index is 2.47. The molecule has 24 heavy (non-hydrogen) atoms. The number of halogens is 1. The molecule has 2 rings (SSSR count). The lowest BCUT2D eigenvalue weighted by Crippen LogP contribution is -2.59. The van der Waals surface area contributed by atoms with Gasteiger partial charge in [0.05, 0.1) is 13.2 Å². The van der Waals surface area contributed by atoms with Gasteiger partial charge in [0.1, 0.15) is 17.3 Å². The van der Waals surface area contributed by atoms with Gasteiger partial charge in [0.25, 0.3) is 0 Å². The molecule has 0 spiro atoms. The smallest absolute Gasteiger partial charge is 0.341 e. The fourth-order valence-corrected chi connectivity index (χ4v) is 2.65. The van der Waals surface area contributed by atoms with Gasteiger partial charge < -0.3 is 14.8 Å². The van der Waals surface area contributed by atoms with Crippen molar-refractivity contribution in [1.82, 2.24) is 5.32 Å². The minimum Gasteiger partial charge on any atom is -0.465 e. The number of nitrogens with one attached hydrogen (secondary N) is 1. The van der Waals surface area contributed by atoms with Gasteiger partial charge in [0, 0.05) is 12.8 Å². The van der Waals surface area contributed by atoms with Crippen molar-refractivity contribution in [1.29, 1.82) is 0 Å². The number of rotatable bonds is 7. The summed E-state index contributed by atoms with van der Waals surface area (Å²) in [7, 11) is 0. The number of urea groups is 1. The maximum Gasteiger partial charge on any atom is 0.341 e. The van der Waals surface area contributed by atoms with Crippen molar-refractivity contribution in [3.8, 4) is 0 Å². The third-order valence-corrected chi connectivity index (χ3v) is 3.78. The average molecular weight is 336 g/mol. The van der Waals surface area contributed by atoms with Gasteiger partial charge in [-0.05, 0) is 31.0 Å². The summed E-state index contributed by atoms with van der Waals surface area (Å²) in [6, 6.07) is 5.01. The lowest BCUT2D eigenvalue weighted by molar-refractivity contribution is -0.149. The van der Waals surface area contributed by atoms with Crippen molar-refractivity contribution in [2.75, 3.05) is 19.8 Å². The Kier molecular flexibility index (Phi) is 6.03. The number of nitrogens with zero attached hydrogens (tertiary/aromatic N) is 1. The van der Waals surface area contributed by atoms with Crippen LogP contribution in [-0.4, -0.2) is 38.0 Å². The summed E-state index contributed by atoms with van der Waals surface area (Å²) in [5, 5.41) is 2.73. The van der Waals surface area contributed by atoms with Gasteiger partial charge >= 0.3 is 12.0 Å². The van der Waals surface area contributed by atoms with Crippen LogP contribution in [0.5, 0.6) is 0 Å². The van der Waals surface area contributed by atoms with Crippen LogP contribution in [0.1, 0.15) is 25.8 Å². The standard InChI is InChI=1S/C17H21FN2O4/c1-3-9-23-11-17(12-5-7-13(18)8-6-12)14(15(21)24-4-2)10-19-16(22)20-17/h5-8,10,14H,3-4,9,11H2,1-2H3,(H,20,22). The predicted molar refractivity (Wildman–Crippen MR) is 86.3 cm³/mol. The van der Waals surface area contributed by atoms with E-state index in [1.165, 1.54) is 30.5 Å². The van der Waals surface area contributed by atoms with Crippen LogP contribution < -0.4 is 5.32 Å². The molecule has 7 heteroatoms. The van der Waals surface area contributed by atoms with Crippen LogP contribution in [0.3, 0.4) is 0 Å². The Labute approximate surface area is 140 Å². The lowest BCUT2D eigenvalue weighted by Gasteiger charge is -2.40. The molecule has 1 aliphatic rings. The van der Waals surface area contributed by atoms with Gasteiger partial charge in [-0.1, -0.05) is 19.1 Å². The minimum absolute atomic E-state index is 0.0493. The number of amides is 2. The molecule has 0 saturated carbocycles. The molecule has 1 aromatic carbocycles. The first-order valence-electron chi connectivity index (χ1n) is 7.90. The molecule has 2 atom stereocenters. The Hall–Kier alpha value is -2.28. The van der Waals surface area contributed by atoms with E-state index in [9.17, 15) is 14.0 Å². The molecule has 130 valence electrons. The van der Waals surface area contributed by atoms with Crippen LogP contribution in [0.15, 0.2) is 29.3 Å². The quantitative estimate of drug-likeness (QED) is 0.613. The first-order valence-corrected chi connectivity index (χ1v) is 7.90. The summed E-state index contributed by atoms with van der Waals surface area (Å²) in [6.07, 6.45) is 2.06. The first kappa shape index (κ1) is 18.1. The maximum atomic E-state index is 13.3. The molecular weight excluding hydrogens is 315 g/mol. The Bertz CT molecular complexity index is 618. The van der Waals surface area contributed by atoms with E-state index in [-0.39, 0.29) is 13.2 Å². The third kappa shape index (κ3) is 3.79. The van der Waals surface area contributed by atoms with E-state index in [1.54, 1.807) is 6.92 Å². The highest BCUT2D eigenvalue weighted by molar-refractivity contribution is 5.99. The molecule has 2 amide bonds. The maximum absolute atomic E-state index is 13.3. The molecule has 0 fully saturated rings. The van der Waals surface area contributed by atoms with Crippen LogP contribution in [0, 0.1) is 11.7 Å². The van der Waals surface area contributed by atoms with Crippen LogP contribution in [0.4, 0.5) is 9.18 Å². The van der Waals surface area contributed by atoms with Crippen molar-refractivity contribution in [2.24, 2.45) is 10.9 Å². The minimum atomic E-state index is -1.19. The van der Waals surface area contributed by atoms with Gasteiger partial charge in [-0.25, -0.2) is 14.2 Å². The summed E-state index contributed by atoms with van der Waals surface area (Å²) < 4.78 is 24.1. The van der Waals surface area contributed by atoms with E-state index >= 15 is 0 Å². The second kappa shape index (κ2) is 8.01. The van der Waals surface area contributed by atoms with E-state index in [1.807, 2.05) is 6.92 Å². The van der Waals surface area contributed by atoms with Gasteiger partial charge in [0.15, 0.2) is 0 Å². The second-order valence-corrected chi connectivity index (χ2v) is 5.47. The number of aliphatic imine (C=N–C) groups is 1. The fourth-order valence-electron chi connectivity index (χ4n) is 2.65. The second-order valence-electron chi connectivity index (χ2n) is 5.47. The molecule has 6 nitrogen and oxygen atoms in total. The lowest BCUT2D eigenvalue weighted by atomic mass is 9.78. The number of ether oxygens (including phenoxy) is 2. The number of carbonyl (C=O) groups is 2. The summed E-state index contributed by atoms with van der Waals surface area (Å²) in [6.45, 7) is 4.36. The van der Waals surface area contributed by atoms with Crippen LogP contribution in [0.2, 0.25) is 0 Å².